The monoisotopic (exact) mass is 780 g/mol. The SMILES string of the molecule is CCc1cc([C@H]2O[C@@H](n3cnc4c(NCc5cccc6ccccc56)nc(N5CC[C@@H](N(OC(=O)C(F)(F)F)C(=O)NC6CCNC6)C5)nc43)[C@@H](O)[C@@H]2O)on1. The van der Waals surface area contributed by atoms with Crippen LogP contribution in [0.3, 0.4) is 0 Å². The summed E-state index contributed by atoms with van der Waals surface area (Å²) in [4.78, 5) is 45.8. The highest BCUT2D eigenvalue weighted by Crippen LogP contribution is 2.41. The van der Waals surface area contributed by atoms with Crippen molar-refractivity contribution in [3.63, 3.8) is 0 Å². The standard InChI is InChI=1S/C36H39F3N10O7/c1-2-21-14-25(55-46-21)29-27(50)28(51)32(54-29)48-18-42-26-30(41-15-20-8-5-7-19-6-3-4-9-24(19)20)44-34(45-31(26)48)47-13-11-23(17-47)49(56-33(52)36(37,38)39)35(53)43-22-10-12-40-16-22/h3-9,14,18,22-23,27-29,32,40,50-51H,2,10-13,15-17H2,1H3,(H,43,53)(H,41,44,45)/t22?,23-,27+,28+,29-,32-/m1/s1. The van der Waals surface area contributed by atoms with Crippen LogP contribution in [-0.2, 0) is 27.3 Å². The Kier molecular flexibility index (Phi) is 10.1. The number of imidazole rings is 1. The molecule has 0 aliphatic carbocycles. The van der Waals surface area contributed by atoms with Crippen LogP contribution in [0, 0.1) is 0 Å². The van der Waals surface area contributed by atoms with Crippen LogP contribution in [0.1, 0.15) is 49.1 Å². The number of aromatic nitrogens is 5. The molecule has 3 fully saturated rings. The molecule has 5 aromatic rings. The molecule has 0 saturated carbocycles. The predicted molar refractivity (Wildman–Crippen MR) is 192 cm³/mol. The van der Waals surface area contributed by atoms with Gasteiger partial charge in [-0.1, -0.05) is 54.5 Å². The molecular weight excluding hydrogens is 741 g/mol. The number of aryl methyl sites for hydroxylation is 1. The number of nitrogens with zero attached hydrogens (tertiary/aromatic N) is 7. The number of urea groups is 1. The Hall–Kier alpha value is -5.57. The zero-order valence-electron chi connectivity index (χ0n) is 30.0. The van der Waals surface area contributed by atoms with E-state index in [-0.39, 0.29) is 42.9 Å². The molecule has 0 bridgehead atoms. The second-order valence-corrected chi connectivity index (χ2v) is 13.9. The number of anilines is 2. The van der Waals surface area contributed by atoms with Gasteiger partial charge in [0, 0.05) is 38.3 Å². The Balaban J connectivity index is 1.12. The van der Waals surface area contributed by atoms with Crippen molar-refractivity contribution in [2.24, 2.45) is 0 Å². The first-order valence-corrected chi connectivity index (χ1v) is 18.2. The molecule has 56 heavy (non-hydrogen) atoms. The quantitative estimate of drug-likeness (QED) is 0.137. The molecule has 0 radical (unpaired) electrons. The van der Waals surface area contributed by atoms with Gasteiger partial charge in [-0.3, -0.25) is 4.57 Å². The van der Waals surface area contributed by atoms with E-state index in [0.717, 1.165) is 16.3 Å². The minimum absolute atomic E-state index is 0.0987. The molecule has 3 aromatic heterocycles. The molecule has 296 valence electrons. The average Bonchev–Trinajstić information content (AvgIpc) is 4.05. The molecule has 3 aliphatic rings. The number of fused-ring (bicyclic) bond motifs is 2. The summed E-state index contributed by atoms with van der Waals surface area (Å²) < 4.78 is 53.1. The van der Waals surface area contributed by atoms with Crippen molar-refractivity contribution in [3.05, 3.63) is 71.9 Å². The largest absolute Gasteiger partial charge is 0.493 e. The Morgan fingerprint density at radius 3 is 2.70 bits per heavy atom. The van der Waals surface area contributed by atoms with E-state index in [9.17, 15) is 33.0 Å². The third kappa shape index (κ3) is 7.27. The zero-order chi connectivity index (χ0) is 39.1. The Labute approximate surface area is 316 Å². The fraction of sp³-hybridized carbons (Fsp3) is 0.444. The molecule has 8 rings (SSSR count). The maximum atomic E-state index is 13.4. The first-order valence-electron chi connectivity index (χ1n) is 18.2. The molecule has 2 amide bonds. The lowest BCUT2D eigenvalue weighted by atomic mass is 10.0. The molecule has 0 spiro atoms. The fourth-order valence-corrected chi connectivity index (χ4v) is 7.29. The van der Waals surface area contributed by atoms with E-state index in [1.54, 1.807) is 11.0 Å². The van der Waals surface area contributed by atoms with Crippen LogP contribution in [-0.4, -0.2) is 109 Å². The number of hydrogen-bond donors (Lipinski definition) is 5. The van der Waals surface area contributed by atoms with Crippen LogP contribution in [0.25, 0.3) is 21.9 Å². The molecule has 20 heteroatoms. The number of benzene rings is 2. The van der Waals surface area contributed by atoms with Crippen molar-refractivity contribution < 1.29 is 47.1 Å². The van der Waals surface area contributed by atoms with Crippen molar-refractivity contribution in [2.75, 3.05) is 36.4 Å². The molecule has 3 saturated heterocycles. The van der Waals surface area contributed by atoms with Gasteiger partial charge in [0.2, 0.25) is 5.95 Å². The van der Waals surface area contributed by atoms with E-state index >= 15 is 0 Å². The number of halogens is 3. The molecule has 3 aliphatic heterocycles. The summed E-state index contributed by atoms with van der Waals surface area (Å²) in [6.07, 6.45) is -7.76. The minimum Gasteiger partial charge on any atom is -0.387 e. The summed E-state index contributed by atoms with van der Waals surface area (Å²) in [7, 11) is 0. The second-order valence-electron chi connectivity index (χ2n) is 13.9. The van der Waals surface area contributed by atoms with Crippen LogP contribution < -0.4 is 20.9 Å². The number of carbonyl (C=O) groups excluding carboxylic acids is 2. The van der Waals surface area contributed by atoms with Gasteiger partial charge < -0.3 is 45.2 Å². The number of nitrogens with one attached hydrogen (secondary N) is 3. The first kappa shape index (κ1) is 37.4. The molecule has 1 unspecified atom stereocenters. The molecular formula is C36H39F3N10O7. The Bertz CT molecular complexity index is 2220. The number of hydroxylamine groups is 2. The van der Waals surface area contributed by atoms with Crippen molar-refractivity contribution in [2.45, 2.75) is 75.5 Å². The van der Waals surface area contributed by atoms with E-state index < -0.39 is 48.8 Å². The third-order valence-electron chi connectivity index (χ3n) is 10.2. The van der Waals surface area contributed by atoms with Crippen LogP contribution >= 0.6 is 0 Å². The summed E-state index contributed by atoms with van der Waals surface area (Å²) in [5.74, 6) is -1.89. The van der Waals surface area contributed by atoms with Gasteiger partial charge >= 0.3 is 18.2 Å². The van der Waals surface area contributed by atoms with Crippen molar-refractivity contribution in [1.29, 1.82) is 0 Å². The Morgan fingerprint density at radius 2 is 1.93 bits per heavy atom. The van der Waals surface area contributed by atoms with Gasteiger partial charge in [-0.25, -0.2) is 14.6 Å². The first-order chi connectivity index (χ1) is 27.0. The van der Waals surface area contributed by atoms with E-state index in [4.69, 9.17) is 19.2 Å². The zero-order valence-corrected chi connectivity index (χ0v) is 30.0. The van der Waals surface area contributed by atoms with Crippen LogP contribution in [0.2, 0.25) is 0 Å². The number of amides is 2. The fourth-order valence-electron chi connectivity index (χ4n) is 7.29. The number of alkyl halides is 3. The number of hydrogen-bond acceptors (Lipinski definition) is 14. The third-order valence-corrected chi connectivity index (χ3v) is 10.2. The normalized spacial score (nSPS) is 23.9. The van der Waals surface area contributed by atoms with E-state index in [1.807, 2.05) is 49.4 Å². The molecule has 5 N–H and O–H groups in total. The molecule has 6 atom stereocenters. The van der Waals surface area contributed by atoms with Gasteiger partial charge in [0.1, 0.15) is 18.3 Å². The van der Waals surface area contributed by atoms with Gasteiger partial charge in [-0.15, -0.1) is 5.06 Å². The number of aliphatic hydroxyl groups is 2. The average molecular weight is 781 g/mol. The van der Waals surface area contributed by atoms with Crippen molar-refractivity contribution in [1.82, 2.24) is 40.4 Å². The van der Waals surface area contributed by atoms with E-state index in [2.05, 4.69) is 30.9 Å². The lowest BCUT2D eigenvalue weighted by Crippen LogP contribution is -2.52. The number of carbonyl (C=O) groups is 2. The highest BCUT2D eigenvalue weighted by atomic mass is 19.4. The number of rotatable bonds is 9. The highest BCUT2D eigenvalue weighted by Gasteiger charge is 2.48. The van der Waals surface area contributed by atoms with Gasteiger partial charge in [0.05, 0.1) is 18.1 Å². The maximum absolute atomic E-state index is 13.4. The molecule has 6 heterocycles. The Morgan fingerprint density at radius 1 is 1.11 bits per heavy atom. The molecule has 2 aromatic carbocycles. The van der Waals surface area contributed by atoms with Gasteiger partial charge in [-0.05, 0) is 42.1 Å². The lowest BCUT2D eigenvalue weighted by molar-refractivity contribution is -0.232. The van der Waals surface area contributed by atoms with E-state index in [1.165, 1.54) is 10.9 Å². The number of ether oxygens (including phenoxy) is 1. The van der Waals surface area contributed by atoms with Crippen molar-refractivity contribution >= 4 is 45.7 Å². The van der Waals surface area contributed by atoms with Crippen LogP contribution in [0.5, 0.6) is 0 Å². The summed E-state index contributed by atoms with van der Waals surface area (Å²) in [5, 5.41) is 37.8. The predicted octanol–water partition coefficient (Wildman–Crippen LogP) is 3.11. The summed E-state index contributed by atoms with van der Waals surface area (Å²) in [6.45, 7) is 3.30. The van der Waals surface area contributed by atoms with Crippen LogP contribution in [0.4, 0.5) is 29.7 Å². The van der Waals surface area contributed by atoms with E-state index in [0.29, 0.717) is 54.6 Å². The highest BCUT2D eigenvalue weighted by molar-refractivity contribution is 5.87. The summed E-state index contributed by atoms with van der Waals surface area (Å²) in [5.41, 5.74) is 2.11. The maximum Gasteiger partial charge on any atom is 0.493 e. The van der Waals surface area contributed by atoms with Crippen molar-refractivity contribution in [3.8, 4) is 0 Å². The van der Waals surface area contributed by atoms with Gasteiger partial charge in [0.15, 0.2) is 29.0 Å². The number of aliphatic hydroxyl groups excluding tert-OH is 2. The van der Waals surface area contributed by atoms with Gasteiger partial charge in [-0.2, -0.15) is 23.1 Å². The topological polar surface area (TPSA) is 205 Å². The summed E-state index contributed by atoms with van der Waals surface area (Å²) >= 11 is 0. The second kappa shape index (κ2) is 15.2. The minimum atomic E-state index is -5.34. The van der Waals surface area contributed by atoms with Gasteiger partial charge in [0.25, 0.3) is 0 Å². The summed E-state index contributed by atoms with van der Waals surface area (Å²) in [6, 6.07) is 13.1. The lowest BCUT2D eigenvalue weighted by Gasteiger charge is -2.28. The molecule has 17 nitrogen and oxygen atoms in total. The van der Waals surface area contributed by atoms with Crippen LogP contribution in [0.15, 0.2) is 59.4 Å². The smallest absolute Gasteiger partial charge is 0.387 e.